The Morgan fingerprint density at radius 1 is 1.06 bits per heavy atom. The van der Waals surface area contributed by atoms with Crippen LogP contribution in [0.4, 0.5) is 14.6 Å². The maximum absolute atomic E-state index is 17.7. The molecule has 0 unspecified atom stereocenters. The summed E-state index contributed by atoms with van der Waals surface area (Å²) >= 11 is 0. The lowest BCUT2D eigenvalue weighted by Crippen LogP contribution is -2.54. The van der Waals surface area contributed by atoms with Gasteiger partial charge in [0.25, 0.3) is 0 Å². The van der Waals surface area contributed by atoms with Crippen LogP contribution in [0.2, 0.25) is 0 Å². The molecule has 53 heavy (non-hydrogen) atoms. The smallest absolute Gasteiger partial charge is 0.319 e. The van der Waals surface area contributed by atoms with Gasteiger partial charge in [0.05, 0.1) is 17.6 Å². The first-order valence-corrected chi connectivity index (χ1v) is 18.8. The second kappa shape index (κ2) is 14.0. The van der Waals surface area contributed by atoms with Gasteiger partial charge in [0.2, 0.25) is 0 Å². The number of piperazine rings is 1. The maximum Gasteiger partial charge on any atom is 0.319 e. The van der Waals surface area contributed by atoms with Crippen LogP contribution in [0.25, 0.3) is 43.7 Å². The highest BCUT2D eigenvalue weighted by Crippen LogP contribution is 2.48. The average molecular weight is 724 g/mol. The molecule has 2 aromatic heterocycles. The van der Waals surface area contributed by atoms with Gasteiger partial charge < -0.3 is 24.4 Å². The van der Waals surface area contributed by atoms with Gasteiger partial charge in [0, 0.05) is 87.0 Å². The van der Waals surface area contributed by atoms with Gasteiger partial charge in [0.15, 0.2) is 5.82 Å². The zero-order chi connectivity index (χ0) is 37.0. The maximum atomic E-state index is 17.7. The minimum absolute atomic E-state index is 0.00451. The van der Waals surface area contributed by atoms with Crippen LogP contribution in [0.15, 0.2) is 30.5 Å². The number of anilines is 1. The first-order chi connectivity index (χ1) is 25.7. The molecule has 3 fully saturated rings. The monoisotopic (exact) mass is 723 g/mol. The Balaban J connectivity index is 1.33. The van der Waals surface area contributed by atoms with E-state index in [0.29, 0.717) is 46.1 Å². The van der Waals surface area contributed by atoms with E-state index in [2.05, 4.69) is 34.5 Å². The molecule has 8 rings (SSSR count). The topological polar surface area (TPSA) is 92.0 Å². The minimum Gasteiger partial charge on any atom is -0.508 e. The van der Waals surface area contributed by atoms with Gasteiger partial charge in [-0.05, 0) is 74.3 Å². The van der Waals surface area contributed by atoms with Crippen molar-refractivity contribution in [2.24, 2.45) is 12.5 Å². The molecule has 5 aromatic rings. The van der Waals surface area contributed by atoms with Gasteiger partial charge in [0.1, 0.15) is 28.4 Å². The van der Waals surface area contributed by atoms with Crippen LogP contribution in [-0.4, -0.2) is 106 Å². The van der Waals surface area contributed by atoms with E-state index >= 15 is 8.78 Å². The van der Waals surface area contributed by atoms with Crippen LogP contribution >= 0.6 is 0 Å². The number of terminal acetylenes is 1. The van der Waals surface area contributed by atoms with Gasteiger partial charge >= 0.3 is 6.01 Å². The summed E-state index contributed by atoms with van der Waals surface area (Å²) < 4.78 is 46.4. The van der Waals surface area contributed by atoms with Gasteiger partial charge in [-0.2, -0.15) is 15.1 Å². The standard InChI is InChI=1S/C41H47F2N7O3/c1-6-29-32(42)13-10-25-18-28(51)19-30(33(25)29)34-36(43)38-35(31-22-47(4)46-37(31)34)39(50-26-11-12-27(50)21-49(20-26)16-9-17-52-5)45-40(44-38)53-24-41(14-15-41)23-48(7-2)8-3/h1,10,13,18-19,22,26-27,51H,7-9,11-12,14-17,20-21,23-24H2,2-5H3/t26-,27+. The molecular weight excluding hydrogens is 676 g/mol. The van der Waals surface area contributed by atoms with Crippen molar-refractivity contribution in [2.45, 2.75) is 58.0 Å². The van der Waals surface area contributed by atoms with E-state index in [0.717, 1.165) is 71.4 Å². The molecule has 4 heterocycles. The van der Waals surface area contributed by atoms with Crippen LogP contribution in [0, 0.1) is 29.4 Å². The van der Waals surface area contributed by atoms with Crippen molar-refractivity contribution >= 4 is 38.4 Å². The van der Waals surface area contributed by atoms with Gasteiger partial charge in [-0.3, -0.25) is 9.58 Å². The summed E-state index contributed by atoms with van der Waals surface area (Å²) in [5.74, 6) is 1.72. The molecule has 0 amide bonds. The van der Waals surface area contributed by atoms with Crippen LogP contribution < -0.4 is 9.64 Å². The van der Waals surface area contributed by atoms with Crippen molar-refractivity contribution in [3.63, 3.8) is 0 Å². The molecule has 2 atom stereocenters. The molecule has 2 aliphatic heterocycles. The number of likely N-dealkylation sites (tertiary alicyclic amines) is 1. The second-order valence-corrected chi connectivity index (χ2v) is 15.1. The Morgan fingerprint density at radius 2 is 1.81 bits per heavy atom. The van der Waals surface area contributed by atoms with Crippen molar-refractivity contribution in [3.05, 3.63) is 47.7 Å². The number of phenols is 1. The summed E-state index contributed by atoms with van der Waals surface area (Å²) in [7, 11) is 3.52. The number of ether oxygens (including phenoxy) is 2. The molecule has 12 heteroatoms. The Kier molecular flexibility index (Phi) is 9.37. The average Bonchev–Trinajstić information content (AvgIpc) is 3.73. The van der Waals surface area contributed by atoms with Crippen LogP contribution in [-0.2, 0) is 11.8 Å². The Hall–Kier alpha value is -4.57. The molecule has 0 radical (unpaired) electrons. The summed E-state index contributed by atoms with van der Waals surface area (Å²) in [5, 5.41) is 17.7. The third kappa shape index (κ3) is 6.32. The lowest BCUT2D eigenvalue weighted by atomic mass is 9.91. The first-order valence-electron chi connectivity index (χ1n) is 18.8. The predicted molar refractivity (Wildman–Crippen MR) is 203 cm³/mol. The lowest BCUT2D eigenvalue weighted by Gasteiger charge is -2.42. The predicted octanol–water partition coefficient (Wildman–Crippen LogP) is 6.49. The summed E-state index contributed by atoms with van der Waals surface area (Å²) in [6, 6.07) is 6.19. The zero-order valence-electron chi connectivity index (χ0n) is 31.0. The highest BCUT2D eigenvalue weighted by molar-refractivity contribution is 6.18. The fraction of sp³-hybridized carbons (Fsp3) is 0.488. The van der Waals surface area contributed by atoms with Crippen molar-refractivity contribution < 1.29 is 23.4 Å². The van der Waals surface area contributed by atoms with Crippen LogP contribution in [0.5, 0.6) is 11.8 Å². The van der Waals surface area contributed by atoms with E-state index in [1.54, 1.807) is 18.8 Å². The van der Waals surface area contributed by atoms with E-state index < -0.39 is 11.6 Å². The van der Waals surface area contributed by atoms with Gasteiger partial charge in [-0.1, -0.05) is 25.8 Å². The van der Waals surface area contributed by atoms with E-state index in [-0.39, 0.29) is 51.5 Å². The lowest BCUT2D eigenvalue weighted by molar-refractivity contribution is 0.158. The number of methoxy groups -OCH3 is 1. The number of rotatable bonds is 13. The normalized spacial score (nSPS) is 19.5. The van der Waals surface area contributed by atoms with E-state index in [9.17, 15) is 5.11 Å². The molecule has 3 aliphatic rings. The second-order valence-electron chi connectivity index (χ2n) is 15.1. The third-order valence-electron chi connectivity index (χ3n) is 11.6. The van der Waals surface area contributed by atoms with Crippen molar-refractivity contribution in [3.8, 4) is 35.2 Å². The molecule has 1 aliphatic carbocycles. The highest BCUT2D eigenvalue weighted by atomic mass is 19.1. The largest absolute Gasteiger partial charge is 0.508 e. The molecule has 1 saturated carbocycles. The quantitative estimate of drug-likeness (QED) is 0.108. The summed E-state index contributed by atoms with van der Waals surface area (Å²) in [5.41, 5.74) is 0.737. The first kappa shape index (κ1) is 35.5. The Labute approximate surface area is 308 Å². The minimum atomic E-state index is -0.659. The number of phenolic OH excluding ortho intramolecular Hbond substituents is 1. The Bertz CT molecular complexity index is 2230. The molecule has 3 aromatic carbocycles. The summed E-state index contributed by atoms with van der Waals surface area (Å²) in [6.07, 6.45) is 12.7. The fourth-order valence-electron chi connectivity index (χ4n) is 8.79. The molecule has 2 bridgehead atoms. The van der Waals surface area contributed by atoms with Crippen LogP contribution in [0.3, 0.4) is 0 Å². The number of benzene rings is 3. The molecular formula is C41H47F2N7O3. The zero-order valence-corrected chi connectivity index (χ0v) is 31.0. The number of aryl methyl sites for hydroxylation is 1. The molecule has 1 N–H and O–H groups in total. The van der Waals surface area contributed by atoms with Crippen molar-refractivity contribution in [2.75, 3.05) is 64.5 Å². The molecule has 2 saturated heterocycles. The number of aromatic hydroxyl groups is 1. The van der Waals surface area contributed by atoms with E-state index in [1.807, 2.05) is 6.20 Å². The van der Waals surface area contributed by atoms with Gasteiger partial charge in [-0.15, -0.1) is 6.42 Å². The molecule has 0 spiro atoms. The number of fused-ring (bicyclic) bond motifs is 6. The van der Waals surface area contributed by atoms with Gasteiger partial charge in [-0.25, -0.2) is 8.78 Å². The number of hydrogen-bond donors (Lipinski definition) is 1. The molecule has 10 nitrogen and oxygen atoms in total. The number of halogens is 2. The SMILES string of the molecule is C#Cc1c(F)ccc2cc(O)cc(-c3c(F)c4nc(OCC5(CN(CC)CC)CC5)nc(N5[C@@H]6CC[C@H]5CN(CCCOC)C6)c4c4cn(C)nc34)c12. The summed E-state index contributed by atoms with van der Waals surface area (Å²) in [4.78, 5) is 17.3. The van der Waals surface area contributed by atoms with Crippen LogP contribution in [0.1, 0.15) is 51.5 Å². The number of hydrogen-bond acceptors (Lipinski definition) is 9. The Morgan fingerprint density at radius 3 is 2.49 bits per heavy atom. The number of aromatic nitrogens is 4. The number of nitrogens with zero attached hydrogens (tertiary/aromatic N) is 7. The third-order valence-corrected chi connectivity index (χ3v) is 11.6. The van der Waals surface area contributed by atoms with Crippen molar-refractivity contribution in [1.82, 2.24) is 29.5 Å². The highest BCUT2D eigenvalue weighted by Gasteiger charge is 2.45. The summed E-state index contributed by atoms with van der Waals surface area (Å²) in [6.45, 7) is 11.0. The van der Waals surface area contributed by atoms with E-state index in [1.165, 1.54) is 24.3 Å². The fourth-order valence-corrected chi connectivity index (χ4v) is 8.79. The van der Waals surface area contributed by atoms with E-state index in [4.69, 9.17) is 31.0 Å². The van der Waals surface area contributed by atoms with Crippen molar-refractivity contribution in [1.29, 1.82) is 0 Å². The molecule has 278 valence electrons.